The largest absolute Gasteiger partial charge is 0.399 e. The van der Waals surface area contributed by atoms with E-state index < -0.39 is 11.7 Å². The van der Waals surface area contributed by atoms with Crippen LogP contribution in [0.3, 0.4) is 0 Å². The van der Waals surface area contributed by atoms with Crippen molar-refractivity contribution in [3.63, 3.8) is 0 Å². The highest BCUT2D eigenvalue weighted by molar-refractivity contribution is 8.14. The Morgan fingerprint density at radius 2 is 2.20 bits per heavy atom. The third-order valence-electron chi connectivity index (χ3n) is 2.67. The first-order chi connectivity index (χ1) is 9.47. The molecule has 0 saturated carbocycles. The van der Waals surface area contributed by atoms with Crippen LogP contribution >= 0.6 is 11.8 Å². The lowest BCUT2D eigenvalue weighted by molar-refractivity contribution is -0.125. The summed E-state index contributed by atoms with van der Waals surface area (Å²) in [7, 11) is 0. The van der Waals surface area contributed by atoms with Crippen molar-refractivity contribution in [1.82, 2.24) is 4.90 Å². The van der Waals surface area contributed by atoms with Crippen LogP contribution in [0.4, 0.5) is 20.6 Å². The number of amides is 3. The van der Waals surface area contributed by atoms with Gasteiger partial charge in [0.2, 0.25) is 11.8 Å². The van der Waals surface area contributed by atoms with Gasteiger partial charge in [0.15, 0.2) is 0 Å². The van der Waals surface area contributed by atoms with Gasteiger partial charge in [0.1, 0.15) is 5.82 Å². The quantitative estimate of drug-likeness (QED) is 0.820. The van der Waals surface area contributed by atoms with Gasteiger partial charge in [0.05, 0.1) is 11.4 Å². The molecule has 0 radical (unpaired) electrons. The molecular weight excluding hydrogens is 285 g/mol. The second kappa shape index (κ2) is 5.91. The van der Waals surface area contributed by atoms with E-state index in [1.54, 1.807) is 0 Å². The molecule has 0 spiro atoms. The van der Waals surface area contributed by atoms with Gasteiger partial charge in [-0.05, 0) is 18.2 Å². The van der Waals surface area contributed by atoms with Gasteiger partial charge in [-0.25, -0.2) is 4.39 Å². The van der Waals surface area contributed by atoms with Crippen LogP contribution in [-0.2, 0) is 9.59 Å². The van der Waals surface area contributed by atoms with Crippen LogP contribution in [0.2, 0.25) is 0 Å². The Morgan fingerprint density at radius 3 is 2.85 bits per heavy atom. The lowest BCUT2D eigenvalue weighted by atomic mass is 10.2. The van der Waals surface area contributed by atoms with Crippen LogP contribution in [0, 0.1) is 5.82 Å². The van der Waals surface area contributed by atoms with Gasteiger partial charge in [-0.3, -0.25) is 19.3 Å². The topological polar surface area (TPSA) is 92.5 Å². The minimum atomic E-state index is -0.601. The number of hydrogen-bond acceptors (Lipinski definition) is 5. The highest BCUT2D eigenvalue weighted by atomic mass is 32.2. The summed E-state index contributed by atoms with van der Waals surface area (Å²) in [4.78, 5) is 35.3. The monoisotopic (exact) mass is 297 g/mol. The second-order valence-electron chi connectivity index (χ2n) is 4.14. The van der Waals surface area contributed by atoms with E-state index in [2.05, 4.69) is 5.32 Å². The molecule has 0 unspecified atom stereocenters. The fourth-order valence-corrected chi connectivity index (χ4v) is 2.41. The van der Waals surface area contributed by atoms with Gasteiger partial charge >= 0.3 is 0 Å². The Kier molecular flexibility index (Phi) is 4.23. The number of nitrogens with zero attached hydrogens (tertiary/aromatic N) is 1. The normalized spacial score (nSPS) is 14.8. The van der Waals surface area contributed by atoms with Crippen molar-refractivity contribution in [3.05, 3.63) is 24.0 Å². The second-order valence-corrected chi connectivity index (χ2v) is 5.06. The van der Waals surface area contributed by atoms with Gasteiger partial charge in [0.25, 0.3) is 5.24 Å². The number of halogens is 1. The molecule has 1 aromatic carbocycles. The number of rotatable bonds is 4. The molecule has 1 heterocycles. The zero-order valence-electron chi connectivity index (χ0n) is 10.4. The molecule has 106 valence electrons. The van der Waals surface area contributed by atoms with Crippen LogP contribution in [0.5, 0.6) is 0 Å². The summed E-state index contributed by atoms with van der Waals surface area (Å²) in [6.45, 7) is -0.0135. The number of nitrogens with one attached hydrogen (secondary N) is 1. The predicted molar refractivity (Wildman–Crippen MR) is 73.6 cm³/mol. The minimum absolute atomic E-state index is 0.0135. The lowest BCUT2D eigenvalue weighted by Crippen LogP contribution is -2.32. The molecule has 1 saturated heterocycles. The molecule has 0 atom stereocenters. The molecule has 3 amide bonds. The van der Waals surface area contributed by atoms with E-state index in [0.717, 1.165) is 22.7 Å². The summed E-state index contributed by atoms with van der Waals surface area (Å²) in [5.41, 5.74) is 5.79. The summed E-state index contributed by atoms with van der Waals surface area (Å²) in [6, 6.07) is 3.83. The number of thioether (sulfide) groups is 1. The average molecular weight is 297 g/mol. The first-order valence-corrected chi connectivity index (χ1v) is 6.78. The number of nitrogens with two attached hydrogens (primary N) is 1. The number of carbonyl (C=O) groups excluding carboxylic acids is 3. The first kappa shape index (κ1) is 14.3. The molecule has 6 nitrogen and oxygen atoms in total. The number of anilines is 2. The maximum Gasteiger partial charge on any atom is 0.288 e. The number of nitrogen functional groups attached to an aromatic ring is 1. The van der Waals surface area contributed by atoms with Crippen molar-refractivity contribution in [2.45, 2.75) is 6.42 Å². The van der Waals surface area contributed by atoms with E-state index in [9.17, 15) is 18.8 Å². The molecular formula is C12H12FN3O3S. The molecule has 0 aromatic heterocycles. The molecule has 1 aliphatic heterocycles. The highest BCUT2D eigenvalue weighted by Crippen LogP contribution is 2.20. The molecule has 1 aliphatic rings. The van der Waals surface area contributed by atoms with Gasteiger partial charge in [0, 0.05) is 18.7 Å². The maximum absolute atomic E-state index is 13.4. The predicted octanol–water partition coefficient (Wildman–Crippen LogP) is 1.43. The van der Waals surface area contributed by atoms with E-state index in [4.69, 9.17) is 5.73 Å². The Balaban J connectivity index is 1.91. The fraction of sp³-hybridized carbons (Fsp3) is 0.250. The van der Waals surface area contributed by atoms with Crippen molar-refractivity contribution in [3.8, 4) is 0 Å². The number of imide groups is 1. The van der Waals surface area contributed by atoms with Crippen LogP contribution in [0.1, 0.15) is 6.42 Å². The number of hydrogen-bond donors (Lipinski definition) is 2. The Hall–Kier alpha value is -2.09. The standard InChI is InChI=1S/C12H12FN3O3S/c13-8-2-1-7(14)5-9(8)15-10(17)3-4-16-11(18)6-20-12(16)19/h1-2,5H,3-4,6,14H2,(H,15,17). The molecule has 0 aliphatic carbocycles. The van der Waals surface area contributed by atoms with Crippen LogP contribution in [0.25, 0.3) is 0 Å². The maximum atomic E-state index is 13.4. The molecule has 3 N–H and O–H groups in total. The summed E-state index contributed by atoms with van der Waals surface area (Å²) < 4.78 is 13.4. The van der Waals surface area contributed by atoms with Crippen LogP contribution < -0.4 is 11.1 Å². The highest BCUT2D eigenvalue weighted by Gasteiger charge is 2.29. The van der Waals surface area contributed by atoms with E-state index >= 15 is 0 Å². The third kappa shape index (κ3) is 3.27. The summed E-state index contributed by atoms with van der Waals surface area (Å²) in [5.74, 6) is -1.31. The molecule has 1 aromatic rings. The first-order valence-electron chi connectivity index (χ1n) is 5.79. The molecule has 8 heteroatoms. The Labute approximate surface area is 118 Å². The fourth-order valence-electron chi connectivity index (χ4n) is 1.66. The number of benzene rings is 1. The molecule has 2 rings (SSSR count). The zero-order chi connectivity index (χ0) is 14.7. The van der Waals surface area contributed by atoms with Crippen molar-refractivity contribution in [2.24, 2.45) is 0 Å². The summed E-state index contributed by atoms with van der Waals surface area (Å²) in [5, 5.41) is 1.99. The summed E-state index contributed by atoms with van der Waals surface area (Å²) in [6.07, 6.45) is -0.0910. The third-order valence-corrected chi connectivity index (χ3v) is 3.53. The van der Waals surface area contributed by atoms with Crippen molar-refractivity contribution in [2.75, 3.05) is 23.3 Å². The minimum Gasteiger partial charge on any atom is -0.399 e. The molecule has 20 heavy (non-hydrogen) atoms. The molecule has 0 bridgehead atoms. The molecule has 1 fully saturated rings. The van der Waals surface area contributed by atoms with E-state index in [1.165, 1.54) is 12.1 Å². The van der Waals surface area contributed by atoms with E-state index in [1.807, 2.05) is 0 Å². The Bertz CT molecular complexity index is 563. The van der Waals surface area contributed by atoms with Crippen molar-refractivity contribution >= 4 is 40.2 Å². The average Bonchev–Trinajstić information content (AvgIpc) is 2.71. The smallest absolute Gasteiger partial charge is 0.288 e. The van der Waals surface area contributed by atoms with Gasteiger partial charge in [-0.15, -0.1) is 0 Å². The van der Waals surface area contributed by atoms with E-state index in [-0.39, 0.29) is 35.6 Å². The SMILES string of the molecule is Nc1ccc(F)c(NC(=O)CCN2C(=O)CSC2=O)c1. The zero-order valence-corrected chi connectivity index (χ0v) is 11.2. The van der Waals surface area contributed by atoms with E-state index in [0.29, 0.717) is 5.69 Å². The Morgan fingerprint density at radius 1 is 1.45 bits per heavy atom. The van der Waals surface area contributed by atoms with Crippen LogP contribution in [-0.4, -0.2) is 34.3 Å². The van der Waals surface area contributed by atoms with Gasteiger partial charge < -0.3 is 11.1 Å². The lowest BCUT2D eigenvalue weighted by Gasteiger charge is -2.12. The van der Waals surface area contributed by atoms with Crippen molar-refractivity contribution < 1.29 is 18.8 Å². The number of carbonyl (C=O) groups is 3. The van der Waals surface area contributed by atoms with Crippen LogP contribution in [0.15, 0.2) is 18.2 Å². The van der Waals surface area contributed by atoms with Crippen molar-refractivity contribution in [1.29, 1.82) is 0 Å². The summed E-state index contributed by atoms with van der Waals surface area (Å²) >= 11 is 0.903. The van der Waals surface area contributed by atoms with Gasteiger partial charge in [-0.2, -0.15) is 0 Å². The van der Waals surface area contributed by atoms with Gasteiger partial charge in [-0.1, -0.05) is 11.8 Å².